The van der Waals surface area contributed by atoms with E-state index in [1.54, 1.807) is 25.1 Å². The topological polar surface area (TPSA) is 102 Å². The maximum absolute atomic E-state index is 12.5. The first-order valence-electron chi connectivity index (χ1n) is 7.07. The second-order valence-electron chi connectivity index (χ2n) is 5.04. The summed E-state index contributed by atoms with van der Waals surface area (Å²) in [7, 11) is 3.02. The lowest BCUT2D eigenvalue weighted by Gasteiger charge is -2.20. The average Bonchev–Trinajstić information content (AvgIpc) is 2.98. The summed E-state index contributed by atoms with van der Waals surface area (Å²) in [5.41, 5.74) is 1.07. The van der Waals surface area contributed by atoms with Gasteiger partial charge in [-0.3, -0.25) is 9.59 Å². The molecule has 2 rings (SSSR count). The molecule has 24 heavy (non-hydrogen) atoms. The number of ether oxygens (including phenoxy) is 2. The van der Waals surface area contributed by atoms with Gasteiger partial charge in [0.05, 0.1) is 19.9 Å². The van der Waals surface area contributed by atoms with Gasteiger partial charge in [0.15, 0.2) is 6.39 Å². The van der Waals surface area contributed by atoms with Crippen LogP contribution in [0, 0.1) is 6.92 Å². The van der Waals surface area contributed by atoms with E-state index in [1.807, 2.05) is 0 Å². The summed E-state index contributed by atoms with van der Waals surface area (Å²) in [6, 6.07) is 5.10. The number of aryl methyl sites for hydroxylation is 1. The molecule has 0 saturated carbocycles. The zero-order valence-electron chi connectivity index (χ0n) is 13.6. The minimum absolute atomic E-state index is 0.0195. The number of rotatable bonds is 7. The number of carbonyl (C=O) groups excluding carboxylic acids is 1. The van der Waals surface area contributed by atoms with E-state index in [4.69, 9.17) is 19.0 Å². The fourth-order valence-corrected chi connectivity index (χ4v) is 2.19. The number of aliphatic carboxylic acids is 1. The van der Waals surface area contributed by atoms with Gasteiger partial charge < -0.3 is 23.9 Å². The normalized spacial score (nSPS) is 10.3. The van der Waals surface area contributed by atoms with Crippen LogP contribution in [-0.2, 0) is 11.3 Å². The lowest BCUT2D eigenvalue weighted by molar-refractivity contribution is -0.137. The molecule has 0 aliphatic rings. The summed E-state index contributed by atoms with van der Waals surface area (Å²) in [5, 5.41) is 9.09. The van der Waals surface area contributed by atoms with Gasteiger partial charge in [0.1, 0.15) is 18.0 Å². The number of amides is 1. The van der Waals surface area contributed by atoms with Crippen LogP contribution in [0.5, 0.6) is 11.5 Å². The maximum atomic E-state index is 12.5. The minimum Gasteiger partial charge on any atom is -0.497 e. The van der Waals surface area contributed by atoms with E-state index in [1.165, 1.54) is 14.2 Å². The lowest BCUT2D eigenvalue weighted by Crippen LogP contribution is -2.35. The van der Waals surface area contributed by atoms with Gasteiger partial charge in [0.2, 0.25) is 5.76 Å². The number of nitrogens with zero attached hydrogens (tertiary/aromatic N) is 2. The number of carboxylic acid groups (broad SMARTS) is 1. The smallest absolute Gasteiger partial charge is 0.323 e. The molecule has 0 bridgehead atoms. The number of oxazole rings is 1. The predicted octanol–water partition coefficient (Wildman–Crippen LogP) is 1.73. The third-order valence-corrected chi connectivity index (χ3v) is 3.34. The second kappa shape index (κ2) is 7.49. The summed E-state index contributed by atoms with van der Waals surface area (Å²) in [4.78, 5) is 28.7. The number of hydrogen-bond donors (Lipinski definition) is 1. The first-order chi connectivity index (χ1) is 11.4. The Morgan fingerprint density at radius 2 is 1.83 bits per heavy atom. The molecule has 128 valence electrons. The molecule has 1 aromatic heterocycles. The molecule has 0 aliphatic heterocycles. The highest BCUT2D eigenvalue weighted by Gasteiger charge is 2.24. The van der Waals surface area contributed by atoms with E-state index in [9.17, 15) is 9.59 Å². The van der Waals surface area contributed by atoms with Crippen LogP contribution in [0.15, 0.2) is 29.0 Å². The van der Waals surface area contributed by atoms with Gasteiger partial charge in [-0.05, 0) is 24.6 Å². The van der Waals surface area contributed by atoms with Crippen molar-refractivity contribution in [3.05, 3.63) is 41.6 Å². The van der Waals surface area contributed by atoms with E-state index in [-0.39, 0.29) is 12.3 Å². The zero-order valence-corrected chi connectivity index (χ0v) is 13.6. The number of hydrogen-bond acceptors (Lipinski definition) is 6. The van der Waals surface area contributed by atoms with E-state index in [0.29, 0.717) is 22.8 Å². The molecule has 1 N–H and O–H groups in total. The number of aromatic nitrogens is 1. The fraction of sp³-hybridized carbons (Fsp3) is 0.312. The summed E-state index contributed by atoms with van der Waals surface area (Å²) in [6.07, 6.45) is 1.15. The number of benzene rings is 1. The molecule has 0 radical (unpaired) electrons. The Hall–Kier alpha value is -3.03. The monoisotopic (exact) mass is 334 g/mol. The van der Waals surface area contributed by atoms with Crippen LogP contribution in [0.1, 0.15) is 21.8 Å². The number of carboxylic acids is 1. The Morgan fingerprint density at radius 3 is 2.29 bits per heavy atom. The van der Waals surface area contributed by atoms with Gasteiger partial charge in [-0.25, -0.2) is 4.98 Å². The third-order valence-electron chi connectivity index (χ3n) is 3.34. The van der Waals surface area contributed by atoms with Gasteiger partial charge in [-0.15, -0.1) is 0 Å². The van der Waals surface area contributed by atoms with Crippen molar-refractivity contribution in [2.45, 2.75) is 13.5 Å². The molecule has 0 unspecified atom stereocenters. The van der Waals surface area contributed by atoms with Crippen LogP contribution < -0.4 is 9.47 Å². The summed E-state index contributed by atoms with van der Waals surface area (Å²) in [5.74, 6) is -0.568. The molecule has 8 heteroatoms. The maximum Gasteiger partial charge on any atom is 0.323 e. The highest BCUT2D eigenvalue weighted by Crippen LogP contribution is 2.24. The summed E-state index contributed by atoms with van der Waals surface area (Å²) >= 11 is 0. The van der Waals surface area contributed by atoms with Gasteiger partial charge in [-0.2, -0.15) is 0 Å². The molecule has 0 saturated heterocycles. The molecule has 1 amide bonds. The number of carbonyl (C=O) groups is 2. The van der Waals surface area contributed by atoms with Crippen molar-refractivity contribution in [1.29, 1.82) is 0 Å². The first-order valence-corrected chi connectivity index (χ1v) is 7.07. The van der Waals surface area contributed by atoms with Crippen molar-refractivity contribution in [1.82, 2.24) is 9.88 Å². The molecule has 0 aliphatic carbocycles. The first kappa shape index (κ1) is 17.3. The molecular weight excluding hydrogens is 316 g/mol. The van der Waals surface area contributed by atoms with Crippen molar-refractivity contribution in [3.63, 3.8) is 0 Å². The molecule has 1 aromatic carbocycles. The molecular formula is C16H18N2O6. The average molecular weight is 334 g/mol. The van der Waals surface area contributed by atoms with E-state index in [2.05, 4.69) is 4.98 Å². The highest BCUT2D eigenvalue weighted by molar-refractivity contribution is 5.94. The Kier molecular flexibility index (Phi) is 5.41. The molecule has 8 nitrogen and oxygen atoms in total. The van der Waals surface area contributed by atoms with Crippen LogP contribution in [0.3, 0.4) is 0 Å². The van der Waals surface area contributed by atoms with Crippen LogP contribution in [0.25, 0.3) is 0 Å². The van der Waals surface area contributed by atoms with Crippen molar-refractivity contribution >= 4 is 11.9 Å². The van der Waals surface area contributed by atoms with Crippen LogP contribution in [0.4, 0.5) is 0 Å². The van der Waals surface area contributed by atoms with Crippen molar-refractivity contribution in [2.75, 3.05) is 20.8 Å². The van der Waals surface area contributed by atoms with Crippen LogP contribution in [0.2, 0.25) is 0 Å². The Morgan fingerprint density at radius 1 is 1.21 bits per heavy atom. The minimum atomic E-state index is -1.13. The van der Waals surface area contributed by atoms with E-state index in [0.717, 1.165) is 11.3 Å². The van der Waals surface area contributed by atoms with Crippen LogP contribution >= 0.6 is 0 Å². The Bertz CT molecular complexity index is 718. The Balaban J connectivity index is 2.31. The predicted molar refractivity (Wildman–Crippen MR) is 83.2 cm³/mol. The fourth-order valence-electron chi connectivity index (χ4n) is 2.19. The quantitative estimate of drug-likeness (QED) is 0.822. The van der Waals surface area contributed by atoms with Crippen molar-refractivity contribution in [3.8, 4) is 11.5 Å². The lowest BCUT2D eigenvalue weighted by atomic mass is 10.1. The zero-order chi connectivity index (χ0) is 17.7. The molecule has 0 fully saturated rings. The van der Waals surface area contributed by atoms with Crippen molar-refractivity contribution in [2.24, 2.45) is 0 Å². The molecule has 1 heterocycles. The number of methoxy groups -OCH3 is 2. The Labute approximate surface area is 138 Å². The third kappa shape index (κ3) is 4.03. The largest absolute Gasteiger partial charge is 0.497 e. The highest BCUT2D eigenvalue weighted by atomic mass is 16.5. The molecule has 0 spiro atoms. The van der Waals surface area contributed by atoms with Crippen molar-refractivity contribution < 1.29 is 28.6 Å². The van der Waals surface area contributed by atoms with Gasteiger partial charge in [0.25, 0.3) is 5.91 Å². The van der Waals surface area contributed by atoms with Gasteiger partial charge >= 0.3 is 5.97 Å². The second-order valence-corrected chi connectivity index (χ2v) is 5.04. The molecule has 0 atom stereocenters. The summed E-state index contributed by atoms with van der Waals surface area (Å²) < 4.78 is 15.4. The summed E-state index contributed by atoms with van der Waals surface area (Å²) in [6.45, 7) is 1.20. The molecule has 2 aromatic rings. The van der Waals surface area contributed by atoms with E-state index < -0.39 is 18.4 Å². The standard InChI is InChI=1S/C16H18N2O6/c1-10-15(24-9-17-10)16(21)18(8-14(19)20)7-11-4-12(22-2)6-13(5-11)23-3/h4-6,9H,7-8H2,1-3H3,(H,19,20). The van der Waals surface area contributed by atoms with Crippen LogP contribution in [-0.4, -0.2) is 47.6 Å². The van der Waals surface area contributed by atoms with Gasteiger partial charge in [0, 0.05) is 12.6 Å². The van der Waals surface area contributed by atoms with E-state index >= 15 is 0 Å². The van der Waals surface area contributed by atoms with Gasteiger partial charge in [-0.1, -0.05) is 0 Å². The SMILES string of the molecule is COc1cc(CN(CC(=O)O)C(=O)c2ocnc2C)cc(OC)c1.